The molecule has 0 aliphatic carbocycles. The van der Waals surface area contributed by atoms with Crippen molar-refractivity contribution in [2.45, 2.75) is 0 Å². The minimum absolute atomic E-state index is 0.0315. The molecule has 6 heteroatoms. The third kappa shape index (κ3) is 2.64. The summed E-state index contributed by atoms with van der Waals surface area (Å²) in [6.07, 6.45) is 1.64. The molecule has 0 atom stereocenters. The highest BCUT2D eigenvalue weighted by molar-refractivity contribution is 5.65. The first kappa shape index (κ1) is 13.0. The summed E-state index contributed by atoms with van der Waals surface area (Å²) in [5.41, 5.74) is 2.35. The summed E-state index contributed by atoms with van der Waals surface area (Å²) < 4.78 is 12.9. The maximum absolute atomic E-state index is 12.9. The van der Waals surface area contributed by atoms with Crippen LogP contribution in [0.1, 0.15) is 0 Å². The van der Waals surface area contributed by atoms with Crippen LogP contribution in [0.15, 0.2) is 54.7 Å². The van der Waals surface area contributed by atoms with Gasteiger partial charge in [-0.1, -0.05) is 0 Å². The zero-order valence-corrected chi connectivity index (χ0v) is 10.8. The predicted octanol–water partition coefficient (Wildman–Crippen LogP) is 3.79. The Morgan fingerprint density at radius 3 is 2.24 bits per heavy atom. The number of nitrogens with one attached hydrogen (secondary N) is 1. The van der Waals surface area contributed by atoms with E-state index in [1.807, 2.05) is 0 Å². The van der Waals surface area contributed by atoms with E-state index in [2.05, 4.69) is 9.97 Å². The van der Waals surface area contributed by atoms with E-state index in [4.69, 9.17) is 0 Å². The molecule has 0 fully saturated rings. The number of aromatic amines is 1. The fourth-order valence-electron chi connectivity index (χ4n) is 1.99. The van der Waals surface area contributed by atoms with E-state index in [0.717, 1.165) is 16.8 Å². The van der Waals surface area contributed by atoms with E-state index in [1.165, 1.54) is 24.3 Å². The Morgan fingerprint density at radius 2 is 1.62 bits per heavy atom. The standard InChI is InChI=1S/C15H10FN3O2/c16-12-5-1-10(2-6-12)14-9-17-15(18-14)11-3-7-13(8-4-11)19(20)21/h1-9H,(H,17,18). The third-order valence-corrected chi connectivity index (χ3v) is 3.08. The normalized spacial score (nSPS) is 10.5. The molecule has 0 radical (unpaired) electrons. The van der Waals surface area contributed by atoms with Crippen molar-refractivity contribution in [3.63, 3.8) is 0 Å². The minimum Gasteiger partial charge on any atom is -0.338 e. The largest absolute Gasteiger partial charge is 0.338 e. The summed E-state index contributed by atoms with van der Waals surface area (Å²) in [7, 11) is 0. The van der Waals surface area contributed by atoms with Gasteiger partial charge in [0.05, 0.1) is 16.8 Å². The van der Waals surface area contributed by atoms with Crippen molar-refractivity contribution in [2.75, 3.05) is 0 Å². The Kier molecular flexibility index (Phi) is 3.19. The van der Waals surface area contributed by atoms with Gasteiger partial charge in [-0.15, -0.1) is 0 Å². The first-order valence-electron chi connectivity index (χ1n) is 6.19. The van der Waals surface area contributed by atoms with Gasteiger partial charge in [-0.25, -0.2) is 9.37 Å². The van der Waals surface area contributed by atoms with Crippen molar-refractivity contribution in [3.8, 4) is 22.6 Å². The maximum atomic E-state index is 12.9. The highest BCUT2D eigenvalue weighted by Gasteiger charge is 2.08. The fraction of sp³-hybridized carbons (Fsp3) is 0. The van der Waals surface area contributed by atoms with Crippen molar-refractivity contribution in [3.05, 3.63) is 70.7 Å². The maximum Gasteiger partial charge on any atom is 0.269 e. The molecule has 3 aromatic rings. The van der Waals surface area contributed by atoms with Gasteiger partial charge >= 0.3 is 0 Å². The van der Waals surface area contributed by atoms with Crippen LogP contribution >= 0.6 is 0 Å². The van der Waals surface area contributed by atoms with Gasteiger partial charge in [0, 0.05) is 17.7 Å². The molecular weight excluding hydrogens is 273 g/mol. The van der Waals surface area contributed by atoms with Crippen molar-refractivity contribution in [1.29, 1.82) is 0 Å². The van der Waals surface area contributed by atoms with E-state index in [0.29, 0.717) is 5.82 Å². The highest BCUT2D eigenvalue weighted by atomic mass is 19.1. The van der Waals surface area contributed by atoms with E-state index in [9.17, 15) is 14.5 Å². The fourth-order valence-corrected chi connectivity index (χ4v) is 1.99. The number of hydrogen-bond donors (Lipinski definition) is 1. The Bertz CT molecular complexity index is 779. The van der Waals surface area contributed by atoms with Crippen LogP contribution in [-0.4, -0.2) is 14.9 Å². The van der Waals surface area contributed by atoms with Crippen LogP contribution in [0.3, 0.4) is 0 Å². The number of H-pyrrole nitrogens is 1. The van der Waals surface area contributed by atoms with E-state index in [1.54, 1.807) is 30.5 Å². The van der Waals surface area contributed by atoms with Crippen molar-refractivity contribution < 1.29 is 9.31 Å². The number of halogens is 1. The monoisotopic (exact) mass is 283 g/mol. The number of imidazole rings is 1. The van der Waals surface area contributed by atoms with Gasteiger partial charge in [-0.05, 0) is 42.0 Å². The molecule has 2 aromatic carbocycles. The van der Waals surface area contributed by atoms with Crippen LogP contribution in [0.5, 0.6) is 0 Å². The Balaban J connectivity index is 1.90. The van der Waals surface area contributed by atoms with Gasteiger partial charge < -0.3 is 4.98 Å². The molecule has 0 saturated carbocycles. The Labute approximate surface area is 119 Å². The lowest BCUT2D eigenvalue weighted by Crippen LogP contribution is -1.87. The van der Waals surface area contributed by atoms with Crippen molar-refractivity contribution in [2.24, 2.45) is 0 Å². The molecule has 104 valence electrons. The van der Waals surface area contributed by atoms with Gasteiger partial charge in [0.25, 0.3) is 5.69 Å². The topological polar surface area (TPSA) is 71.8 Å². The number of nitro benzene ring substituents is 1. The summed E-state index contributed by atoms with van der Waals surface area (Å²) >= 11 is 0. The lowest BCUT2D eigenvalue weighted by molar-refractivity contribution is -0.384. The Hall–Kier alpha value is -3.02. The second kappa shape index (κ2) is 5.16. The van der Waals surface area contributed by atoms with Crippen LogP contribution in [0.2, 0.25) is 0 Å². The molecular formula is C15H10FN3O2. The first-order chi connectivity index (χ1) is 10.1. The zero-order chi connectivity index (χ0) is 14.8. The lowest BCUT2D eigenvalue weighted by Gasteiger charge is -1.98. The average Bonchev–Trinajstić information content (AvgIpc) is 2.98. The molecule has 0 amide bonds. The minimum atomic E-state index is -0.449. The summed E-state index contributed by atoms with van der Waals surface area (Å²) in [6.45, 7) is 0. The van der Waals surface area contributed by atoms with Gasteiger partial charge in [0.15, 0.2) is 0 Å². The molecule has 0 unspecified atom stereocenters. The summed E-state index contributed by atoms with van der Waals surface area (Å²) in [5, 5.41) is 10.6. The lowest BCUT2D eigenvalue weighted by atomic mass is 10.2. The number of nitrogens with zero attached hydrogens (tertiary/aromatic N) is 2. The summed E-state index contributed by atoms with van der Waals surface area (Å²) in [4.78, 5) is 17.5. The number of aromatic nitrogens is 2. The molecule has 1 aromatic heterocycles. The van der Waals surface area contributed by atoms with Gasteiger partial charge in [-0.2, -0.15) is 0 Å². The molecule has 5 nitrogen and oxygen atoms in total. The number of nitro groups is 1. The molecule has 3 rings (SSSR count). The molecule has 0 aliphatic rings. The van der Waals surface area contributed by atoms with Crippen LogP contribution in [0.25, 0.3) is 22.6 Å². The molecule has 0 spiro atoms. The predicted molar refractivity (Wildman–Crippen MR) is 76.1 cm³/mol. The third-order valence-electron chi connectivity index (χ3n) is 3.08. The number of hydrogen-bond acceptors (Lipinski definition) is 3. The van der Waals surface area contributed by atoms with E-state index < -0.39 is 4.92 Å². The second-order valence-corrected chi connectivity index (χ2v) is 4.46. The molecule has 0 aliphatic heterocycles. The van der Waals surface area contributed by atoms with Crippen LogP contribution in [0, 0.1) is 15.9 Å². The second-order valence-electron chi connectivity index (χ2n) is 4.46. The SMILES string of the molecule is O=[N+]([O-])c1ccc(-c2ncc(-c3ccc(F)cc3)[nH]2)cc1. The average molecular weight is 283 g/mol. The van der Waals surface area contributed by atoms with E-state index in [-0.39, 0.29) is 11.5 Å². The Morgan fingerprint density at radius 1 is 1.00 bits per heavy atom. The van der Waals surface area contributed by atoms with Crippen LogP contribution in [-0.2, 0) is 0 Å². The van der Waals surface area contributed by atoms with Crippen LogP contribution < -0.4 is 0 Å². The van der Waals surface area contributed by atoms with Gasteiger partial charge in [0.1, 0.15) is 11.6 Å². The van der Waals surface area contributed by atoms with Crippen LogP contribution in [0.4, 0.5) is 10.1 Å². The van der Waals surface area contributed by atoms with Crippen molar-refractivity contribution in [1.82, 2.24) is 9.97 Å². The number of rotatable bonds is 3. The highest BCUT2D eigenvalue weighted by Crippen LogP contribution is 2.23. The number of benzene rings is 2. The number of non-ortho nitro benzene ring substituents is 1. The molecule has 0 bridgehead atoms. The summed E-state index contributed by atoms with van der Waals surface area (Å²) in [5.74, 6) is 0.304. The van der Waals surface area contributed by atoms with Crippen molar-refractivity contribution >= 4 is 5.69 Å². The quantitative estimate of drug-likeness (QED) is 0.587. The smallest absolute Gasteiger partial charge is 0.269 e. The van der Waals surface area contributed by atoms with E-state index >= 15 is 0 Å². The molecule has 21 heavy (non-hydrogen) atoms. The first-order valence-corrected chi connectivity index (χ1v) is 6.19. The molecule has 1 heterocycles. The van der Waals surface area contributed by atoms with Gasteiger partial charge in [-0.3, -0.25) is 10.1 Å². The zero-order valence-electron chi connectivity index (χ0n) is 10.8. The summed E-state index contributed by atoms with van der Waals surface area (Å²) in [6, 6.07) is 12.2. The molecule has 1 N–H and O–H groups in total. The molecule has 0 saturated heterocycles. The van der Waals surface area contributed by atoms with Gasteiger partial charge in [0.2, 0.25) is 0 Å².